The van der Waals surface area contributed by atoms with Gasteiger partial charge in [0.25, 0.3) is 0 Å². The molecule has 0 spiro atoms. The van der Waals surface area contributed by atoms with E-state index in [2.05, 4.69) is 81.5 Å². The number of unbranched alkanes of at least 4 members (excludes halogenated alkanes) is 45. The van der Waals surface area contributed by atoms with Crippen molar-refractivity contribution in [2.75, 3.05) is 13.2 Å². The lowest BCUT2D eigenvalue weighted by Gasteiger charge is -2.18. The standard InChI is InChI=1S/C75H136O6/c1-4-7-10-13-16-19-22-25-28-29-30-31-32-33-34-35-36-37-38-39-40-41-42-43-44-45-48-50-53-56-59-62-65-68-74(77)80-71-72(81-75(78)69-66-63-60-57-54-51-47-27-24-21-18-15-12-9-6-3)70-79-73(76)67-64-61-58-55-52-49-46-26-23-20-17-14-11-8-5-2/h9,12,18,21,26-27,29-30,46-47,72H,4-8,10-11,13-17,19-20,22-25,28,31-45,48-71H2,1-3H3/b12-9-,21-18-,30-29-,46-26-,47-27-. The summed E-state index contributed by atoms with van der Waals surface area (Å²) in [6, 6.07) is 0. The summed E-state index contributed by atoms with van der Waals surface area (Å²) >= 11 is 0. The Kier molecular flexibility index (Phi) is 67.1. The summed E-state index contributed by atoms with van der Waals surface area (Å²) < 4.78 is 16.9. The summed E-state index contributed by atoms with van der Waals surface area (Å²) in [5.41, 5.74) is 0. The molecule has 0 aromatic rings. The molecule has 0 rings (SSSR count). The molecule has 0 saturated carbocycles. The van der Waals surface area contributed by atoms with Crippen LogP contribution < -0.4 is 0 Å². The fourth-order valence-corrected chi connectivity index (χ4v) is 10.6. The summed E-state index contributed by atoms with van der Waals surface area (Å²) in [5.74, 6) is -0.886. The lowest BCUT2D eigenvalue weighted by Crippen LogP contribution is -2.30. The third-order valence-corrected chi connectivity index (χ3v) is 16.0. The number of hydrogen-bond acceptors (Lipinski definition) is 6. The maximum absolute atomic E-state index is 12.9. The van der Waals surface area contributed by atoms with E-state index in [1.54, 1.807) is 0 Å². The molecule has 0 aliphatic carbocycles. The number of allylic oxidation sites excluding steroid dienone is 10. The van der Waals surface area contributed by atoms with Crippen LogP contribution in [-0.2, 0) is 28.6 Å². The second-order valence-corrected chi connectivity index (χ2v) is 24.1. The van der Waals surface area contributed by atoms with Crippen molar-refractivity contribution in [2.24, 2.45) is 0 Å². The normalized spacial score (nSPS) is 12.4. The predicted octanol–water partition coefficient (Wildman–Crippen LogP) is 24.7. The molecule has 0 bridgehead atoms. The molecule has 1 unspecified atom stereocenters. The molecule has 1 atom stereocenters. The molecule has 0 aliphatic heterocycles. The maximum Gasteiger partial charge on any atom is 0.306 e. The zero-order valence-corrected chi connectivity index (χ0v) is 54.3. The van der Waals surface area contributed by atoms with Gasteiger partial charge in [-0.25, -0.2) is 0 Å². The molecule has 6 nitrogen and oxygen atoms in total. The molecule has 0 fully saturated rings. The van der Waals surface area contributed by atoms with Crippen molar-refractivity contribution in [3.05, 3.63) is 60.8 Å². The Morgan fingerprint density at radius 3 is 0.765 bits per heavy atom. The zero-order valence-electron chi connectivity index (χ0n) is 54.3. The topological polar surface area (TPSA) is 78.9 Å². The van der Waals surface area contributed by atoms with Crippen LogP contribution in [0.5, 0.6) is 0 Å². The minimum atomic E-state index is -0.786. The third-order valence-electron chi connectivity index (χ3n) is 16.0. The van der Waals surface area contributed by atoms with Crippen molar-refractivity contribution in [3.8, 4) is 0 Å². The number of hydrogen-bond donors (Lipinski definition) is 0. The summed E-state index contributed by atoms with van der Waals surface area (Å²) in [7, 11) is 0. The first-order chi connectivity index (χ1) is 40.0. The highest BCUT2D eigenvalue weighted by atomic mass is 16.6. The number of carbonyl (C=O) groups excluding carboxylic acids is 3. The van der Waals surface area contributed by atoms with E-state index in [9.17, 15) is 14.4 Å². The Morgan fingerprint density at radius 2 is 0.481 bits per heavy atom. The fourth-order valence-electron chi connectivity index (χ4n) is 10.6. The Hall–Kier alpha value is -2.89. The molecule has 81 heavy (non-hydrogen) atoms. The fraction of sp³-hybridized carbons (Fsp3) is 0.827. The second kappa shape index (κ2) is 69.6. The van der Waals surface area contributed by atoms with Gasteiger partial charge in [0.2, 0.25) is 0 Å². The first kappa shape index (κ1) is 78.1. The number of carbonyl (C=O) groups is 3. The first-order valence-corrected chi connectivity index (χ1v) is 35.8. The highest BCUT2D eigenvalue weighted by Crippen LogP contribution is 2.18. The summed E-state index contributed by atoms with van der Waals surface area (Å²) in [6.45, 7) is 6.55. The molecule has 0 amide bonds. The lowest BCUT2D eigenvalue weighted by molar-refractivity contribution is -0.167. The maximum atomic E-state index is 12.9. The predicted molar refractivity (Wildman–Crippen MR) is 353 cm³/mol. The molecule has 6 heteroatoms. The van der Waals surface area contributed by atoms with Crippen LogP contribution in [0.25, 0.3) is 0 Å². The first-order valence-electron chi connectivity index (χ1n) is 35.8. The molecule has 472 valence electrons. The number of ether oxygens (including phenoxy) is 3. The van der Waals surface area contributed by atoms with Gasteiger partial charge in [0, 0.05) is 19.3 Å². The van der Waals surface area contributed by atoms with Gasteiger partial charge in [0.15, 0.2) is 6.10 Å². The number of rotatable bonds is 66. The smallest absolute Gasteiger partial charge is 0.306 e. The van der Waals surface area contributed by atoms with E-state index >= 15 is 0 Å². The minimum Gasteiger partial charge on any atom is -0.462 e. The van der Waals surface area contributed by atoms with Gasteiger partial charge in [0.1, 0.15) is 13.2 Å². The Bertz CT molecular complexity index is 1440. The van der Waals surface area contributed by atoms with Gasteiger partial charge >= 0.3 is 17.9 Å². The average Bonchev–Trinajstić information content (AvgIpc) is 3.47. The van der Waals surface area contributed by atoms with Crippen LogP contribution in [0.4, 0.5) is 0 Å². The molecular weight excluding hydrogens is 997 g/mol. The molecule has 0 radical (unpaired) electrons. The van der Waals surface area contributed by atoms with Crippen LogP contribution >= 0.6 is 0 Å². The van der Waals surface area contributed by atoms with Gasteiger partial charge in [0.05, 0.1) is 0 Å². The van der Waals surface area contributed by atoms with E-state index in [-0.39, 0.29) is 31.1 Å². The van der Waals surface area contributed by atoms with Gasteiger partial charge in [-0.1, -0.05) is 319 Å². The molecule has 0 aromatic carbocycles. The van der Waals surface area contributed by atoms with Gasteiger partial charge < -0.3 is 14.2 Å². The van der Waals surface area contributed by atoms with Crippen LogP contribution in [0.2, 0.25) is 0 Å². The second-order valence-electron chi connectivity index (χ2n) is 24.1. The molecule has 0 saturated heterocycles. The highest BCUT2D eigenvalue weighted by Gasteiger charge is 2.19. The number of esters is 3. The van der Waals surface area contributed by atoms with Crippen molar-refractivity contribution in [2.45, 2.75) is 386 Å². The lowest BCUT2D eigenvalue weighted by atomic mass is 10.0. The SMILES string of the molecule is CC/C=C\C/C=C\C/C=C\CCCCCCCC(=O)OC(COC(=O)CCCCCCC/C=C\CCCCCCCC)COC(=O)CCCCCCCCCCCCCCCCCCCCCCC/C=C\CCCCCCCCCC. The van der Waals surface area contributed by atoms with E-state index in [1.165, 1.54) is 238 Å². The van der Waals surface area contributed by atoms with Crippen molar-refractivity contribution < 1.29 is 28.6 Å². The molecular formula is C75H136O6. The quantitative estimate of drug-likeness (QED) is 0.0261. The highest BCUT2D eigenvalue weighted by molar-refractivity contribution is 5.71. The Morgan fingerprint density at radius 1 is 0.259 bits per heavy atom. The molecule has 0 N–H and O–H groups in total. The van der Waals surface area contributed by atoms with Gasteiger partial charge in [-0.05, 0) is 103 Å². The van der Waals surface area contributed by atoms with Crippen LogP contribution in [0.3, 0.4) is 0 Å². The van der Waals surface area contributed by atoms with Gasteiger partial charge in [-0.3, -0.25) is 14.4 Å². The van der Waals surface area contributed by atoms with Crippen molar-refractivity contribution in [1.82, 2.24) is 0 Å². The van der Waals surface area contributed by atoms with Gasteiger partial charge in [-0.2, -0.15) is 0 Å². The zero-order chi connectivity index (χ0) is 58.5. The Labute approximate surface area is 504 Å². The third kappa shape index (κ3) is 67.8. The minimum absolute atomic E-state index is 0.0806. The van der Waals surface area contributed by atoms with Crippen LogP contribution in [0.15, 0.2) is 60.8 Å². The summed E-state index contributed by atoms with van der Waals surface area (Å²) in [5, 5.41) is 0. The van der Waals surface area contributed by atoms with Crippen molar-refractivity contribution in [1.29, 1.82) is 0 Å². The van der Waals surface area contributed by atoms with E-state index in [4.69, 9.17) is 14.2 Å². The van der Waals surface area contributed by atoms with Crippen LogP contribution in [-0.4, -0.2) is 37.2 Å². The van der Waals surface area contributed by atoms with Crippen molar-refractivity contribution in [3.63, 3.8) is 0 Å². The van der Waals surface area contributed by atoms with E-state index in [1.807, 2.05) is 0 Å². The van der Waals surface area contributed by atoms with Gasteiger partial charge in [-0.15, -0.1) is 0 Å². The van der Waals surface area contributed by atoms with Crippen LogP contribution in [0, 0.1) is 0 Å². The monoisotopic (exact) mass is 1130 g/mol. The molecule has 0 aromatic heterocycles. The van der Waals surface area contributed by atoms with E-state index in [0.717, 1.165) is 103 Å². The van der Waals surface area contributed by atoms with Crippen LogP contribution in [0.1, 0.15) is 380 Å². The summed E-state index contributed by atoms with van der Waals surface area (Å²) in [4.78, 5) is 38.4. The largest absolute Gasteiger partial charge is 0.462 e. The summed E-state index contributed by atoms with van der Waals surface area (Å²) in [6.07, 6.45) is 89.9. The Balaban J connectivity index is 4.13. The molecule has 0 aliphatic rings. The van der Waals surface area contributed by atoms with E-state index in [0.29, 0.717) is 19.3 Å². The van der Waals surface area contributed by atoms with Crippen molar-refractivity contribution >= 4 is 17.9 Å². The molecule has 0 heterocycles. The van der Waals surface area contributed by atoms with E-state index < -0.39 is 6.10 Å². The average molecular weight is 1130 g/mol.